The van der Waals surface area contributed by atoms with Crippen LogP contribution in [0.5, 0.6) is 0 Å². The Balaban J connectivity index is 1.33. The highest BCUT2D eigenvalue weighted by Crippen LogP contribution is 2.38. The topological polar surface area (TPSA) is 82.8 Å². The van der Waals surface area contributed by atoms with E-state index in [1.54, 1.807) is 11.0 Å². The summed E-state index contributed by atoms with van der Waals surface area (Å²) in [5.41, 5.74) is 4.05. The third kappa shape index (κ3) is 5.12. The van der Waals surface area contributed by atoms with E-state index in [0.717, 1.165) is 86.0 Å². The van der Waals surface area contributed by atoms with Gasteiger partial charge in [-0.1, -0.05) is 18.7 Å². The smallest absolute Gasteiger partial charge is 0.246 e. The van der Waals surface area contributed by atoms with Gasteiger partial charge in [-0.3, -0.25) is 4.79 Å². The number of para-hydroxylation sites is 1. The van der Waals surface area contributed by atoms with E-state index in [1.165, 1.54) is 6.08 Å². The van der Waals surface area contributed by atoms with Gasteiger partial charge in [0.05, 0.1) is 29.9 Å². The van der Waals surface area contributed by atoms with Crippen LogP contribution < -0.4 is 14.7 Å². The lowest BCUT2D eigenvalue weighted by molar-refractivity contribution is -0.128. The number of hydrogen-bond acceptors (Lipinski definition) is 8. The first-order chi connectivity index (χ1) is 19.9. The van der Waals surface area contributed by atoms with Crippen LogP contribution in [0.4, 0.5) is 21.8 Å². The van der Waals surface area contributed by atoms with Gasteiger partial charge in [-0.15, -0.1) is 0 Å². The fraction of sp³-hybridized carbons (Fsp3) is 0.548. The van der Waals surface area contributed by atoms with E-state index in [4.69, 9.17) is 9.97 Å². The fourth-order valence-electron chi connectivity index (χ4n) is 6.92. The van der Waals surface area contributed by atoms with Crippen molar-refractivity contribution >= 4 is 23.4 Å². The van der Waals surface area contributed by atoms with Crippen LogP contribution in [-0.4, -0.2) is 97.2 Å². The first kappa shape index (κ1) is 27.5. The van der Waals surface area contributed by atoms with Gasteiger partial charge in [0.25, 0.3) is 0 Å². The molecule has 216 valence electrons. The summed E-state index contributed by atoms with van der Waals surface area (Å²) in [5.74, 6) is 1.39. The molecule has 10 heteroatoms. The number of piperazine rings is 1. The van der Waals surface area contributed by atoms with Gasteiger partial charge in [0, 0.05) is 63.3 Å². The molecule has 2 unspecified atom stereocenters. The third-order valence-electron chi connectivity index (χ3n) is 9.30. The number of nitriles is 1. The van der Waals surface area contributed by atoms with Gasteiger partial charge in [0.15, 0.2) is 0 Å². The molecule has 2 saturated heterocycles. The Kier molecular flexibility index (Phi) is 7.56. The van der Waals surface area contributed by atoms with Crippen LogP contribution in [0, 0.1) is 17.1 Å². The molecule has 1 aromatic carbocycles. The zero-order valence-corrected chi connectivity index (χ0v) is 24.1. The number of carbonyl (C=O) groups is 1. The Bertz CT molecular complexity index is 1370. The van der Waals surface area contributed by atoms with Gasteiger partial charge in [-0.05, 0) is 57.5 Å². The minimum absolute atomic E-state index is 0.136. The van der Waals surface area contributed by atoms with E-state index >= 15 is 4.39 Å². The summed E-state index contributed by atoms with van der Waals surface area (Å²) in [6.07, 6.45) is 5.98. The summed E-state index contributed by atoms with van der Waals surface area (Å²) in [5, 5.41) is 9.51. The van der Waals surface area contributed by atoms with Crippen molar-refractivity contribution in [2.45, 2.75) is 56.7 Å². The van der Waals surface area contributed by atoms with Crippen molar-refractivity contribution in [3.8, 4) is 6.07 Å². The molecule has 2 fully saturated rings. The van der Waals surface area contributed by atoms with Gasteiger partial charge >= 0.3 is 0 Å². The summed E-state index contributed by atoms with van der Waals surface area (Å²) in [4.78, 5) is 33.6. The zero-order valence-electron chi connectivity index (χ0n) is 24.1. The molecule has 0 N–H and O–H groups in total. The summed E-state index contributed by atoms with van der Waals surface area (Å²) >= 11 is 0. The maximum absolute atomic E-state index is 15.1. The number of fused-ring (bicyclic) bond motifs is 2. The standard InChI is InChI=1S/C31H39FN8O/c1-4-28(41)39-16-15-37(18-23(39)12-13-33)30-25-11-10-22(40-14-6-8-21-7-5-9-26(32)29(21)40)17-27(25)34-31(35-30)38-19-24(20-38)36(2)3/h4-5,7,9,22-24H,1,6,8,10-12,14-20H2,2-3H3. The maximum Gasteiger partial charge on any atom is 0.246 e. The normalized spacial score (nSPS) is 22.6. The van der Waals surface area contributed by atoms with Gasteiger partial charge < -0.3 is 24.5 Å². The van der Waals surface area contributed by atoms with Gasteiger partial charge in [-0.25, -0.2) is 9.37 Å². The molecule has 1 aliphatic carbocycles. The van der Waals surface area contributed by atoms with Crippen LogP contribution in [0.25, 0.3) is 0 Å². The monoisotopic (exact) mass is 558 g/mol. The molecule has 1 amide bonds. The average Bonchev–Trinajstić information content (AvgIpc) is 2.95. The lowest BCUT2D eigenvalue weighted by Crippen LogP contribution is -2.58. The van der Waals surface area contributed by atoms with E-state index in [-0.39, 0.29) is 30.2 Å². The Labute approximate surface area is 241 Å². The second-order valence-corrected chi connectivity index (χ2v) is 11.9. The van der Waals surface area contributed by atoms with Crippen LogP contribution in [0.3, 0.4) is 0 Å². The van der Waals surface area contributed by atoms with Gasteiger partial charge in [0.1, 0.15) is 11.6 Å². The predicted octanol–water partition coefficient (Wildman–Crippen LogP) is 2.79. The second-order valence-electron chi connectivity index (χ2n) is 11.9. The number of hydrogen-bond donors (Lipinski definition) is 0. The number of likely N-dealkylation sites (N-methyl/N-ethyl adjacent to an activating group) is 1. The van der Waals surface area contributed by atoms with Crippen LogP contribution in [0.2, 0.25) is 0 Å². The number of aromatic nitrogens is 2. The first-order valence-electron chi connectivity index (χ1n) is 14.8. The Morgan fingerprint density at radius 1 is 1.17 bits per heavy atom. The highest BCUT2D eigenvalue weighted by atomic mass is 19.1. The van der Waals surface area contributed by atoms with Crippen LogP contribution in [-0.2, 0) is 24.1 Å². The van der Waals surface area contributed by atoms with Crippen LogP contribution in [0.1, 0.15) is 36.1 Å². The predicted molar refractivity (Wildman–Crippen MR) is 158 cm³/mol. The molecule has 0 radical (unpaired) electrons. The van der Waals surface area contributed by atoms with Gasteiger partial charge in [-0.2, -0.15) is 10.2 Å². The number of rotatable bonds is 6. The lowest BCUT2D eigenvalue weighted by atomic mass is 9.88. The molecule has 0 bridgehead atoms. The molecular weight excluding hydrogens is 519 g/mol. The van der Waals surface area contributed by atoms with Crippen molar-refractivity contribution in [3.63, 3.8) is 0 Å². The van der Waals surface area contributed by atoms with Crippen molar-refractivity contribution in [3.05, 3.63) is 53.5 Å². The van der Waals surface area contributed by atoms with Crippen LogP contribution in [0.15, 0.2) is 30.9 Å². The number of amides is 1. The summed E-state index contributed by atoms with van der Waals surface area (Å²) in [6, 6.07) is 8.12. The number of aryl methyl sites for hydroxylation is 1. The molecule has 9 nitrogen and oxygen atoms in total. The fourth-order valence-corrected chi connectivity index (χ4v) is 6.92. The third-order valence-corrected chi connectivity index (χ3v) is 9.30. The molecule has 41 heavy (non-hydrogen) atoms. The maximum atomic E-state index is 15.1. The van der Waals surface area contributed by atoms with Crippen molar-refractivity contribution in [2.75, 3.05) is 68.1 Å². The number of anilines is 3. The highest BCUT2D eigenvalue weighted by molar-refractivity contribution is 5.87. The van der Waals surface area contributed by atoms with Crippen molar-refractivity contribution < 1.29 is 9.18 Å². The minimum atomic E-state index is -0.223. The number of halogens is 1. The Morgan fingerprint density at radius 3 is 2.76 bits per heavy atom. The number of benzene rings is 1. The van der Waals surface area contributed by atoms with Gasteiger partial charge in [0.2, 0.25) is 11.9 Å². The molecular formula is C31H39FN8O. The van der Waals surface area contributed by atoms with Crippen LogP contribution >= 0.6 is 0 Å². The molecule has 1 aromatic heterocycles. The SMILES string of the molecule is C=CC(=O)N1CCN(c2nc(N3CC(N(C)C)C3)nc3c2CCC(N2CCCc4cccc(F)c42)C3)CC1CC#N. The second kappa shape index (κ2) is 11.3. The molecule has 4 aliphatic rings. The van der Waals surface area contributed by atoms with Crippen molar-refractivity contribution in [2.24, 2.45) is 0 Å². The Morgan fingerprint density at radius 2 is 2.00 bits per heavy atom. The van der Waals surface area contributed by atoms with E-state index in [1.807, 2.05) is 6.07 Å². The molecule has 3 aliphatic heterocycles. The van der Waals surface area contributed by atoms with E-state index in [0.29, 0.717) is 25.7 Å². The average molecular weight is 559 g/mol. The molecule has 4 heterocycles. The number of carbonyl (C=O) groups excluding carboxylic acids is 1. The van der Waals surface area contributed by atoms with E-state index in [9.17, 15) is 10.1 Å². The Hall–Kier alpha value is -3.71. The van der Waals surface area contributed by atoms with Crippen molar-refractivity contribution in [1.29, 1.82) is 5.26 Å². The molecule has 2 aromatic rings. The molecule has 2 atom stereocenters. The summed E-state index contributed by atoms with van der Waals surface area (Å²) < 4.78 is 15.1. The quantitative estimate of drug-likeness (QED) is 0.501. The first-order valence-corrected chi connectivity index (χ1v) is 14.8. The minimum Gasteiger partial charge on any atom is -0.366 e. The molecule has 0 spiro atoms. The summed E-state index contributed by atoms with van der Waals surface area (Å²) in [7, 11) is 4.20. The summed E-state index contributed by atoms with van der Waals surface area (Å²) in [6.45, 7) is 7.95. The highest BCUT2D eigenvalue weighted by Gasteiger charge is 2.37. The molecule has 6 rings (SSSR count). The lowest BCUT2D eigenvalue weighted by Gasteiger charge is -2.45. The van der Waals surface area contributed by atoms with Crippen molar-refractivity contribution in [1.82, 2.24) is 19.8 Å². The molecule has 0 saturated carbocycles. The largest absolute Gasteiger partial charge is 0.366 e. The van der Waals surface area contributed by atoms with E-state index < -0.39 is 0 Å². The van der Waals surface area contributed by atoms with E-state index in [2.05, 4.69) is 52.4 Å². The zero-order chi connectivity index (χ0) is 28.7. The number of nitrogens with zero attached hydrogens (tertiary/aromatic N) is 8.